The Kier molecular flexibility index (Phi) is 13.9. The second-order valence-electron chi connectivity index (χ2n) is 9.77. The van der Waals surface area contributed by atoms with Crippen molar-refractivity contribution in [2.75, 3.05) is 0 Å². The van der Waals surface area contributed by atoms with E-state index < -0.39 is 0 Å². The summed E-state index contributed by atoms with van der Waals surface area (Å²) in [4.78, 5) is 0. The van der Waals surface area contributed by atoms with Crippen LogP contribution in [-0.2, 0) is 0 Å². The van der Waals surface area contributed by atoms with Crippen LogP contribution >= 0.6 is 0 Å². The van der Waals surface area contributed by atoms with Gasteiger partial charge in [-0.25, -0.2) is 0 Å². The quantitative estimate of drug-likeness (QED) is 0.239. The number of rotatable bonds is 16. The summed E-state index contributed by atoms with van der Waals surface area (Å²) >= 11 is 0. The van der Waals surface area contributed by atoms with Crippen molar-refractivity contribution in [2.45, 2.75) is 150 Å². The first-order valence-corrected chi connectivity index (χ1v) is 12.7. The van der Waals surface area contributed by atoms with Gasteiger partial charge in [-0.15, -0.1) is 0 Å². The predicted molar refractivity (Wildman–Crippen MR) is 120 cm³/mol. The molecule has 1 fully saturated rings. The Morgan fingerprint density at radius 2 is 1.00 bits per heavy atom. The summed E-state index contributed by atoms with van der Waals surface area (Å²) in [5.41, 5.74) is 0.719. The van der Waals surface area contributed by atoms with Gasteiger partial charge in [0.1, 0.15) is 0 Å². The molecule has 1 rings (SSSR count). The Morgan fingerprint density at radius 3 is 1.38 bits per heavy atom. The molecule has 2 unspecified atom stereocenters. The molecule has 0 saturated heterocycles. The molecular formula is C26H52. The van der Waals surface area contributed by atoms with Crippen molar-refractivity contribution < 1.29 is 0 Å². The van der Waals surface area contributed by atoms with Crippen molar-refractivity contribution in [2.24, 2.45) is 17.3 Å². The summed E-state index contributed by atoms with van der Waals surface area (Å²) < 4.78 is 0. The Labute approximate surface area is 167 Å². The van der Waals surface area contributed by atoms with Crippen LogP contribution in [0.4, 0.5) is 0 Å². The van der Waals surface area contributed by atoms with Crippen LogP contribution in [0, 0.1) is 17.3 Å². The van der Waals surface area contributed by atoms with Crippen LogP contribution in [0.25, 0.3) is 0 Å². The van der Waals surface area contributed by atoms with Gasteiger partial charge in [0.05, 0.1) is 0 Å². The summed E-state index contributed by atoms with van der Waals surface area (Å²) in [5.74, 6) is 2.03. The molecule has 0 radical (unpaired) electrons. The van der Waals surface area contributed by atoms with E-state index in [1.165, 1.54) is 96.3 Å². The van der Waals surface area contributed by atoms with Crippen molar-refractivity contribution in [3.63, 3.8) is 0 Å². The highest BCUT2D eigenvalue weighted by atomic mass is 14.4. The summed E-state index contributed by atoms with van der Waals surface area (Å²) in [6.45, 7) is 9.52. The van der Waals surface area contributed by atoms with Crippen LogP contribution in [0.2, 0.25) is 0 Å². The normalized spacial score (nSPS) is 19.4. The Balaban J connectivity index is 2.72. The fraction of sp³-hybridized carbons (Fsp3) is 1.00. The van der Waals surface area contributed by atoms with Crippen molar-refractivity contribution in [1.29, 1.82) is 0 Å². The summed E-state index contributed by atoms with van der Waals surface area (Å²) in [6, 6.07) is 0. The molecule has 156 valence electrons. The lowest BCUT2D eigenvalue weighted by molar-refractivity contribution is 0.0912. The third kappa shape index (κ3) is 9.80. The molecule has 0 aromatic rings. The number of hydrogen-bond donors (Lipinski definition) is 0. The zero-order valence-electron chi connectivity index (χ0n) is 19.1. The molecule has 1 aliphatic rings. The van der Waals surface area contributed by atoms with Crippen molar-refractivity contribution in [3.05, 3.63) is 0 Å². The van der Waals surface area contributed by atoms with Gasteiger partial charge in [-0.1, -0.05) is 124 Å². The van der Waals surface area contributed by atoms with Crippen molar-refractivity contribution in [3.8, 4) is 0 Å². The highest BCUT2D eigenvalue weighted by molar-refractivity contribution is 4.87. The SMILES string of the molecule is CCCCCC(CCC)CC1(CC(CCC)CCCCC)CCCCC1. The molecule has 0 aliphatic heterocycles. The number of unbranched alkanes of at least 4 members (excludes halogenated alkanes) is 4. The van der Waals surface area contributed by atoms with Crippen LogP contribution in [0.5, 0.6) is 0 Å². The first-order chi connectivity index (χ1) is 12.7. The smallest absolute Gasteiger partial charge is 0.0292 e. The maximum absolute atomic E-state index is 2.41. The minimum absolute atomic E-state index is 0.719. The molecule has 0 aromatic carbocycles. The van der Waals surface area contributed by atoms with Crippen LogP contribution in [0.3, 0.4) is 0 Å². The van der Waals surface area contributed by atoms with Gasteiger partial charge in [-0.3, -0.25) is 0 Å². The van der Waals surface area contributed by atoms with Gasteiger partial charge in [0.15, 0.2) is 0 Å². The lowest BCUT2D eigenvalue weighted by atomic mass is 9.63. The molecule has 26 heavy (non-hydrogen) atoms. The Hall–Kier alpha value is 0. The number of hydrogen-bond acceptors (Lipinski definition) is 0. The van der Waals surface area contributed by atoms with E-state index >= 15 is 0 Å². The van der Waals surface area contributed by atoms with Crippen LogP contribution < -0.4 is 0 Å². The molecule has 0 heteroatoms. The molecular weight excluding hydrogens is 312 g/mol. The minimum atomic E-state index is 0.719. The van der Waals surface area contributed by atoms with Gasteiger partial charge in [0.25, 0.3) is 0 Å². The standard InChI is InChI=1S/C26H52/c1-5-9-12-18-24(16-7-3)22-26(20-14-11-15-21-26)23-25(17-8-4)19-13-10-6-2/h24-25H,5-23H2,1-4H3. The monoisotopic (exact) mass is 364 g/mol. The second kappa shape index (κ2) is 15.0. The average molecular weight is 365 g/mol. The molecule has 0 aromatic heterocycles. The molecule has 0 amide bonds. The van der Waals surface area contributed by atoms with E-state index in [2.05, 4.69) is 27.7 Å². The summed E-state index contributed by atoms with van der Waals surface area (Å²) in [6.07, 6.45) is 28.1. The zero-order valence-corrected chi connectivity index (χ0v) is 19.1. The average Bonchev–Trinajstić information content (AvgIpc) is 2.63. The lowest BCUT2D eigenvalue weighted by Gasteiger charge is -2.43. The highest BCUT2D eigenvalue weighted by Crippen LogP contribution is 2.48. The van der Waals surface area contributed by atoms with E-state index in [1.807, 2.05) is 0 Å². The fourth-order valence-electron chi connectivity index (χ4n) is 5.90. The molecule has 2 atom stereocenters. The van der Waals surface area contributed by atoms with E-state index in [0.29, 0.717) is 0 Å². The Morgan fingerprint density at radius 1 is 0.538 bits per heavy atom. The van der Waals surface area contributed by atoms with Crippen LogP contribution in [-0.4, -0.2) is 0 Å². The third-order valence-electron chi connectivity index (χ3n) is 7.18. The van der Waals surface area contributed by atoms with Gasteiger partial charge in [-0.05, 0) is 42.9 Å². The lowest BCUT2D eigenvalue weighted by Crippen LogP contribution is -2.30. The van der Waals surface area contributed by atoms with Crippen LogP contribution in [0.1, 0.15) is 150 Å². The third-order valence-corrected chi connectivity index (χ3v) is 7.18. The Bertz CT molecular complexity index is 275. The van der Waals surface area contributed by atoms with E-state index in [4.69, 9.17) is 0 Å². The van der Waals surface area contributed by atoms with Gasteiger partial charge < -0.3 is 0 Å². The van der Waals surface area contributed by atoms with Crippen LogP contribution in [0.15, 0.2) is 0 Å². The summed E-state index contributed by atoms with van der Waals surface area (Å²) in [5, 5.41) is 0. The van der Waals surface area contributed by atoms with E-state index in [9.17, 15) is 0 Å². The fourth-order valence-corrected chi connectivity index (χ4v) is 5.90. The van der Waals surface area contributed by atoms with E-state index in [1.54, 1.807) is 25.7 Å². The van der Waals surface area contributed by atoms with Gasteiger partial charge >= 0.3 is 0 Å². The first kappa shape index (κ1) is 24.0. The molecule has 1 aliphatic carbocycles. The first-order valence-electron chi connectivity index (χ1n) is 12.7. The van der Waals surface area contributed by atoms with Gasteiger partial charge in [0, 0.05) is 0 Å². The second-order valence-corrected chi connectivity index (χ2v) is 9.77. The molecule has 0 nitrogen and oxygen atoms in total. The molecule has 1 saturated carbocycles. The topological polar surface area (TPSA) is 0 Å². The zero-order chi connectivity index (χ0) is 19.1. The minimum Gasteiger partial charge on any atom is -0.0654 e. The molecule has 0 N–H and O–H groups in total. The highest BCUT2D eigenvalue weighted by Gasteiger charge is 2.35. The largest absolute Gasteiger partial charge is 0.0654 e. The molecule has 0 heterocycles. The maximum atomic E-state index is 2.41. The predicted octanol–water partition coefficient (Wildman–Crippen LogP) is 9.71. The van der Waals surface area contributed by atoms with Gasteiger partial charge in [0.2, 0.25) is 0 Å². The summed E-state index contributed by atoms with van der Waals surface area (Å²) in [7, 11) is 0. The molecule has 0 spiro atoms. The van der Waals surface area contributed by atoms with Gasteiger partial charge in [-0.2, -0.15) is 0 Å². The molecule has 0 bridgehead atoms. The maximum Gasteiger partial charge on any atom is -0.0292 e. The van der Waals surface area contributed by atoms with E-state index in [-0.39, 0.29) is 0 Å². The van der Waals surface area contributed by atoms with E-state index in [0.717, 1.165) is 17.3 Å². The van der Waals surface area contributed by atoms with Crippen molar-refractivity contribution in [1.82, 2.24) is 0 Å². The van der Waals surface area contributed by atoms with Crippen molar-refractivity contribution >= 4 is 0 Å².